The van der Waals surface area contributed by atoms with E-state index in [-0.39, 0.29) is 11.8 Å². The summed E-state index contributed by atoms with van der Waals surface area (Å²) in [5, 5.41) is 20.5. The molecule has 0 saturated carbocycles. The van der Waals surface area contributed by atoms with Gasteiger partial charge in [-0.3, -0.25) is 4.79 Å². The zero-order chi connectivity index (χ0) is 24.0. The maximum Gasteiger partial charge on any atom is 0.226 e. The first kappa shape index (κ1) is 21.9. The SMILES string of the molecule is COc1cc([C@H]2CC(=O)Nc3c2c(C)nn3-c2ccc3nnc(C)n3n2)ccc1OCC(C)C. The lowest BCUT2D eigenvalue weighted by Gasteiger charge is -2.25. The van der Waals surface area contributed by atoms with Gasteiger partial charge in [0.05, 0.1) is 19.4 Å². The molecule has 1 aliphatic rings. The van der Waals surface area contributed by atoms with Crippen LogP contribution in [0.2, 0.25) is 0 Å². The number of nitrogens with one attached hydrogen (secondary N) is 1. The van der Waals surface area contributed by atoms with Gasteiger partial charge in [-0.15, -0.1) is 15.3 Å². The van der Waals surface area contributed by atoms with Crippen molar-refractivity contribution in [1.82, 2.24) is 29.6 Å². The molecule has 176 valence electrons. The molecule has 0 spiro atoms. The second-order valence-electron chi connectivity index (χ2n) is 8.89. The highest BCUT2D eigenvalue weighted by Crippen LogP contribution is 2.42. The number of carbonyl (C=O) groups excluding carboxylic acids is 1. The van der Waals surface area contributed by atoms with Gasteiger partial charge in [0.2, 0.25) is 5.91 Å². The third kappa shape index (κ3) is 3.74. The molecule has 0 saturated heterocycles. The van der Waals surface area contributed by atoms with Crippen LogP contribution in [0.5, 0.6) is 11.5 Å². The summed E-state index contributed by atoms with van der Waals surface area (Å²) in [5.41, 5.74) is 3.39. The highest BCUT2D eigenvalue weighted by molar-refractivity contribution is 5.95. The van der Waals surface area contributed by atoms with Crippen LogP contribution >= 0.6 is 0 Å². The summed E-state index contributed by atoms with van der Waals surface area (Å²) < 4.78 is 14.8. The number of benzene rings is 1. The summed E-state index contributed by atoms with van der Waals surface area (Å²) in [6, 6.07) is 9.49. The van der Waals surface area contributed by atoms with Crippen LogP contribution in [-0.2, 0) is 4.79 Å². The van der Waals surface area contributed by atoms with Gasteiger partial charge in [-0.25, -0.2) is 0 Å². The van der Waals surface area contributed by atoms with Crippen molar-refractivity contribution < 1.29 is 14.3 Å². The summed E-state index contributed by atoms with van der Waals surface area (Å²) in [6.07, 6.45) is 0.311. The van der Waals surface area contributed by atoms with Crippen LogP contribution in [0.4, 0.5) is 5.82 Å². The Morgan fingerprint density at radius 3 is 2.71 bits per heavy atom. The number of fused-ring (bicyclic) bond motifs is 2. The van der Waals surface area contributed by atoms with E-state index in [0.29, 0.717) is 53.6 Å². The Bertz CT molecular complexity index is 1390. The quantitative estimate of drug-likeness (QED) is 0.468. The first-order valence-electron chi connectivity index (χ1n) is 11.2. The van der Waals surface area contributed by atoms with Crippen molar-refractivity contribution >= 4 is 17.4 Å². The fraction of sp³-hybridized carbons (Fsp3) is 0.375. The van der Waals surface area contributed by atoms with Crippen LogP contribution in [0.25, 0.3) is 11.5 Å². The zero-order valence-electron chi connectivity index (χ0n) is 19.9. The highest BCUT2D eigenvalue weighted by Gasteiger charge is 2.33. The smallest absolute Gasteiger partial charge is 0.226 e. The van der Waals surface area contributed by atoms with Gasteiger partial charge >= 0.3 is 0 Å². The molecule has 0 unspecified atom stereocenters. The second-order valence-corrected chi connectivity index (χ2v) is 8.89. The molecule has 1 N–H and O–H groups in total. The molecule has 0 radical (unpaired) electrons. The van der Waals surface area contributed by atoms with E-state index in [1.807, 2.05) is 44.2 Å². The molecule has 4 heterocycles. The van der Waals surface area contributed by atoms with E-state index < -0.39 is 0 Å². The van der Waals surface area contributed by atoms with E-state index in [9.17, 15) is 4.79 Å². The molecule has 4 aromatic rings. The Labute approximate surface area is 196 Å². The number of amides is 1. The normalized spacial score (nSPS) is 15.5. The monoisotopic (exact) mass is 461 g/mol. The van der Waals surface area contributed by atoms with E-state index in [0.717, 1.165) is 16.8 Å². The molecule has 1 atom stereocenters. The van der Waals surface area contributed by atoms with Crippen molar-refractivity contribution in [3.8, 4) is 17.3 Å². The van der Waals surface area contributed by atoms with E-state index in [4.69, 9.17) is 14.6 Å². The van der Waals surface area contributed by atoms with Gasteiger partial charge in [-0.2, -0.15) is 14.3 Å². The van der Waals surface area contributed by atoms with Gasteiger partial charge in [-0.1, -0.05) is 19.9 Å². The number of carbonyl (C=O) groups is 1. The highest BCUT2D eigenvalue weighted by atomic mass is 16.5. The number of anilines is 1. The third-order valence-electron chi connectivity index (χ3n) is 5.89. The molecule has 1 amide bonds. The van der Waals surface area contributed by atoms with Crippen LogP contribution < -0.4 is 14.8 Å². The predicted octanol–water partition coefficient (Wildman–Crippen LogP) is 3.44. The maximum atomic E-state index is 12.8. The Balaban J connectivity index is 1.57. The number of hydrogen-bond donors (Lipinski definition) is 1. The van der Waals surface area contributed by atoms with Crippen molar-refractivity contribution in [3.63, 3.8) is 0 Å². The van der Waals surface area contributed by atoms with Gasteiger partial charge in [-0.05, 0) is 49.6 Å². The maximum absolute atomic E-state index is 12.8. The summed E-state index contributed by atoms with van der Waals surface area (Å²) in [5.74, 6) is 3.33. The molecule has 0 aliphatic carbocycles. The van der Waals surface area contributed by atoms with Crippen LogP contribution in [0.1, 0.15) is 48.8 Å². The lowest BCUT2D eigenvalue weighted by Crippen LogP contribution is -2.25. The van der Waals surface area contributed by atoms with Crippen molar-refractivity contribution in [1.29, 1.82) is 0 Å². The lowest BCUT2D eigenvalue weighted by molar-refractivity contribution is -0.116. The molecule has 5 rings (SSSR count). The minimum atomic E-state index is -0.175. The summed E-state index contributed by atoms with van der Waals surface area (Å²) in [6.45, 7) is 8.57. The molecular formula is C24H27N7O3. The molecule has 0 bridgehead atoms. The minimum absolute atomic E-state index is 0.0840. The van der Waals surface area contributed by atoms with Crippen LogP contribution in [0.15, 0.2) is 30.3 Å². The first-order valence-corrected chi connectivity index (χ1v) is 11.2. The summed E-state index contributed by atoms with van der Waals surface area (Å²) >= 11 is 0. The van der Waals surface area contributed by atoms with Crippen LogP contribution in [0.3, 0.4) is 0 Å². The van der Waals surface area contributed by atoms with Gasteiger partial charge in [0.1, 0.15) is 5.82 Å². The number of nitrogens with zero attached hydrogens (tertiary/aromatic N) is 6. The second kappa shape index (κ2) is 8.44. The largest absolute Gasteiger partial charge is 0.493 e. The van der Waals surface area contributed by atoms with E-state index in [1.54, 1.807) is 16.3 Å². The number of aromatic nitrogens is 6. The minimum Gasteiger partial charge on any atom is -0.493 e. The lowest BCUT2D eigenvalue weighted by atomic mass is 9.85. The molecule has 0 fully saturated rings. The number of hydrogen-bond acceptors (Lipinski definition) is 7. The average molecular weight is 462 g/mol. The summed E-state index contributed by atoms with van der Waals surface area (Å²) in [4.78, 5) is 12.8. The molecule has 34 heavy (non-hydrogen) atoms. The first-order chi connectivity index (χ1) is 16.4. The van der Waals surface area contributed by atoms with Crippen molar-refractivity contribution in [2.45, 2.75) is 40.0 Å². The standard InChI is InChI=1S/C24H27N7O3/c1-13(2)12-34-18-7-6-16(10-19(18)33-5)17-11-22(32)25-24-23(17)14(3)28-31(24)21-9-8-20-27-26-15(4)30(20)29-21/h6-10,13,17H,11-12H2,1-5H3,(H,25,32)/t17-/m1/s1. The Morgan fingerprint density at radius 1 is 1.12 bits per heavy atom. The number of rotatable bonds is 6. The van der Waals surface area contributed by atoms with Crippen LogP contribution in [0, 0.1) is 19.8 Å². The van der Waals surface area contributed by atoms with E-state index in [1.165, 1.54) is 0 Å². The molecule has 3 aromatic heterocycles. The number of methoxy groups -OCH3 is 1. The van der Waals surface area contributed by atoms with Crippen LogP contribution in [-0.4, -0.2) is 49.2 Å². The third-order valence-corrected chi connectivity index (χ3v) is 5.89. The Morgan fingerprint density at radius 2 is 1.94 bits per heavy atom. The number of aryl methyl sites for hydroxylation is 2. The topological polar surface area (TPSA) is 108 Å². The predicted molar refractivity (Wildman–Crippen MR) is 126 cm³/mol. The fourth-order valence-electron chi connectivity index (χ4n) is 4.27. The molecule has 10 heteroatoms. The van der Waals surface area contributed by atoms with Crippen molar-refractivity contribution in [2.24, 2.45) is 5.92 Å². The molecule has 1 aromatic carbocycles. The van der Waals surface area contributed by atoms with Crippen molar-refractivity contribution in [3.05, 3.63) is 53.0 Å². The molecular weight excluding hydrogens is 434 g/mol. The number of ether oxygens (including phenoxy) is 2. The average Bonchev–Trinajstić information content (AvgIpc) is 3.36. The van der Waals surface area contributed by atoms with Gasteiger partial charge in [0.25, 0.3) is 0 Å². The van der Waals surface area contributed by atoms with E-state index in [2.05, 4.69) is 34.5 Å². The Hall–Kier alpha value is -3.95. The van der Waals surface area contributed by atoms with Gasteiger partial charge in [0, 0.05) is 17.9 Å². The zero-order valence-corrected chi connectivity index (χ0v) is 19.9. The molecule has 1 aliphatic heterocycles. The van der Waals surface area contributed by atoms with Gasteiger partial charge < -0.3 is 14.8 Å². The van der Waals surface area contributed by atoms with Gasteiger partial charge in [0.15, 0.2) is 28.8 Å². The van der Waals surface area contributed by atoms with Crippen molar-refractivity contribution in [2.75, 3.05) is 19.0 Å². The fourth-order valence-corrected chi connectivity index (χ4v) is 4.27. The van der Waals surface area contributed by atoms with E-state index >= 15 is 0 Å². The Kier molecular flexibility index (Phi) is 5.43. The molecule has 10 nitrogen and oxygen atoms in total. The summed E-state index contributed by atoms with van der Waals surface area (Å²) in [7, 11) is 1.62.